The SMILES string of the molecule is Cc1nc2ncnn2c(N2CC[NH+](CCO)CC2)c1Cc1ccccc1. The zero-order valence-electron chi connectivity index (χ0n) is 15.1. The lowest BCUT2D eigenvalue weighted by molar-refractivity contribution is -0.900. The summed E-state index contributed by atoms with van der Waals surface area (Å²) in [5, 5.41) is 13.6. The lowest BCUT2D eigenvalue weighted by atomic mass is 10.0. The van der Waals surface area contributed by atoms with Crippen molar-refractivity contribution >= 4 is 11.6 Å². The van der Waals surface area contributed by atoms with Gasteiger partial charge in [-0.05, 0) is 12.5 Å². The van der Waals surface area contributed by atoms with Crippen molar-refractivity contribution in [3.05, 3.63) is 53.5 Å². The van der Waals surface area contributed by atoms with E-state index < -0.39 is 0 Å². The molecule has 7 heteroatoms. The molecule has 1 fully saturated rings. The first kappa shape index (κ1) is 16.9. The normalized spacial score (nSPS) is 15.7. The zero-order chi connectivity index (χ0) is 17.9. The highest BCUT2D eigenvalue weighted by atomic mass is 16.3. The van der Waals surface area contributed by atoms with E-state index in [2.05, 4.69) is 51.2 Å². The van der Waals surface area contributed by atoms with E-state index in [-0.39, 0.29) is 6.61 Å². The van der Waals surface area contributed by atoms with E-state index in [1.54, 1.807) is 6.33 Å². The smallest absolute Gasteiger partial charge is 0.254 e. The maximum atomic E-state index is 9.19. The third-order valence-corrected chi connectivity index (χ3v) is 5.16. The van der Waals surface area contributed by atoms with Crippen LogP contribution in [-0.2, 0) is 6.42 Å². The second kappa shape index (κ2) is 7.39. The van der Waals surface area contributed by atoms with Crippen molar-refractivity contribution in [2.75, 3.05) is 44.2 Å². The number of nitrogens with one attached hydrogen (secondary N) is 1. The van der Waals surface area contributed by atoms with Crippen LogP contribution in [0.2, 0.25) is 0 Å². The summed E-state index contributed by atoms with van der Waals surface area (Å²) in [6.07, 6.45) is 2.40. The van der Waals surface area contributed by atoms with Crippen molar-refractivity contribution in [1.82, 2.24) is 19.6 Å². The zero-order valence-corrected chi connectivity index (χ0v) is 15.1. The van der Waals surface area contributed by atoms with Crippen molar-refractivity contribution < 1.29 is 10.0 Å². The quantitative estimate of drug-likeness (QED) is 0.660. The van der Waals surface area contributed by atoms with E-state index in [0.29, 0.717) is 5.78 Å². The third kappa shape index (κ3) is 3.27. The van der Waals surface area contributed by atoms with Gasteiger partial charge in [0.05, 0.1) is 32.8 Å². The number of nitrogens with zero attached hydrogens (tertiary/aromatic N) is 5. The highest BCUT2D eigenvalue weighted by Gasteiger charge is 2.25. The molecule has 1 saturated heterocycles. The Kier molecular flexibility index (Phi) is 4.81. The lowest BCUT2D eigenvalue weighted by Gasteiger charge is -2.34. The topological polar surface area (TPSA) is 71.0 Å². The minimum absolute atomic E-state index is 0.246. The molecule has 0 radical (unpaired) electrons. The molecule has 1 aromatic carbocycles. The summed E-state index contributed by atoms with van der Waals surface area (Å²) < 4.78 is 1.88. The number of quaternary nitrogens is 1. The molecular formula is C19H25N6O+. The van der Waals surface area contributed by atoms with E-state index in [4.69, 9.17) is 0 Å². The van der Waals surface area contributed by atoms with Crippen LogP contribution < -0.4 is 9.80 Å². The summed E-state index contributed by atoms with van der Waals surface area (Å²) >= 11 is 0. The molecule has 0 bridgehead atoms. The van der Waals surface area contributed by atoms with Gasteiger partial charge in [0.2, 0.25) is 0 Å². The summed E-state index contributed by atoms with van der Waals surface area (Å²) in [7, 11) is 0. The largest absolute Gasteiger partial charge is 0.391 e. The van der Waals surface area contributed by atoms with E-state index in [1.807, 2.05) is 10.6 Å². The van der Waals surface area contributed by atoms with Crippen molar-refractivity contribution in [3.8, 4) is 0 Å². The number of fused-ring (bicyclic) bond motifs is 1. The minimum atomic E-state index is 0.246. The number of anilines is 1. The first-order chi connectivity index (χ1) is 12.8. The van der Waals surface area contributed by atoms with Crippen LogP contribution in [-0.4, -0.2) is 64.0 Å². The first-order valence-electron chi connectivity index (χ1n) is 9.19. The molecule has 0 spiro atoms. The Hall–Kier alpha value is -2.51. The van der Waals surface area contributed by atoms with Crippen LogP contribution >= 0.6 is 0 Å². The lowest BCUT2D eigenvalue weighted by Crippen LogP contribution is -3.15. The van der Waals surface area contributed by atoms with Crippen LogP contribution in [0.25, 0.3) is 5.78 Å². The molecule has 2 aromatic heterocycles. The van der Waals surface area contributed by atoms with Gasteiger partial charge in [0, 0.05) is 17.7 Å². The molecule has 0 atom stereocenters. The number of aliphatic hydroxyl groups excluding tert-OH is 1. The molecule has 1 aliphatic rings. The van der Waals surface area contributed by atoms with Crippen LogP contribution in [0.15, 0.2) is 36.7 Å². The molecule has 0 aliphatic carbocycles. The van der Waals surface area contributed by atoms with Crippen molar-refractivity contribution in [1.29, 1.82) is 0 Å². The summed E-state index contributed by atoms with van der Waals surface area (Å²) in [6, 6.07) is 10.5. The van der Waals surface area contributed by atoms with Gasteiger partial charge in [-0.15, -0.1) is 0 Å². The standard InChI is InChI=1S/C19H24N6O/c1-15-17(13-16-5-3-2-4-6-16)18(25-19(22-15)20-14-21-25)24-9-7-23(8-10-24)11-12-26/h2-6,14,26H,7-13H2,1H3/p+1. The van der Waals surface area contributed by atoms with Gasteiger partial charge >= 0.3 is 0 Å². The fraction of sp³-hybridized carbons (Fsp3) is 0.421. The molecule has 7 nitrogen and oxygen atoms in total. The Morgan fingerprint density at radius 2 is 1.92 bits per heavy atom. The van der Waals surface area contributed by atoms with E-state index in [9.17, 15) is 5.11 Å². The number of hydrogen-bond acceptors (Lipinski definition) is 5. The fourth-order valence-corrected chi connectivity index (χ4v) is 3.74. The number of aliphatic hydroxyl groups is 1. The third-order valence-electron chi connectivity index (χ3n) is 5.16. The van der Waals surface area contributed by atoms with Crippen LogP contribution in [0.1, 0.15) is 16.8 Å². The van der Waals surface area contributed by atoms with E-state index >= 15 is 0 Å². The van der Waals surface area contributed by atoms with Crippen molar-refractivity contribution in [2.45, 2.75) is 13.3 Å². The summed E-state index contributed by atoms with van der Waals surface area (Å²) in [4.78, 5) is 12.8. The molecule has 3 heterocycles. The van der Waals surface area contributed by atoms with Gasteiger partial charge in [0.15, 0.2) is 0 Å². The van der Waals surface area contributed by atoms with Crippen LogP contribution in [0.5, 0.6) is 0 Å². The van der Waals surface area contributed by atoms with Crippen molar-refractivity contribution in [2.24, 2.45) is 0 Å². The molecule has 4 rings (SSSR count). The van der Waals surface area contributed by atoms with Crippen LogP contribution in [0, 0.1) is 6.92 Å². The highest BCUT2D eigenvalue weighted by molar-refractivity contribution is 5.56. The van der Waals surface area contributed by atoms with Gasteiger partial charge in [0.25, 0.3) is 5.78 Å². The van der Waals surface area contributed by atoms with Gasteiger partial charge in [-0.3, -0.25) is 0 Å². The molecule has 3 aromatic rings. The highest BCUT2D eigenvalue weighted by Crippen LogP contribution is 2.26. The van der Waals surface area contributed by atoms with Gasteiger partial charge in [-0.25, -0.2) is 4.98 Å². The molecule has 136 valence electrons. The van der Waals surface area contributed by atoms with Crippen molar-refractivity contribution in [3.63, 3.8) is 0 Å². The predicted octanol–water partition coefficient (Wildman–Crippen LogP) is -0.279. The summed E-state index contributed by atoms with van der Waals surface area (Å²) in [5.74, 6) is 1.76. The molecule has 2 N–H and O–H groups in total. The Labute approximate surface area is 152 Å². The average Bonchev–Trinajstić information content (AvgIpc) is 3.12. The maximum Gasteiger partial charge on any atom is 0.254 e. The Morgan fingerprint density at radius 1 is 1.15 bits per heavy atom. The number of hydrogen-bond donors (Lipinski definition) is 2. The summed E-state index contributed by atoms with van der Waals surface area (Å²) in [5.41, 5.74) is 3.48. The average molecular weight is 353 g/mol. The van der Waals surface area contributed by atoms with Gasteiger partial charge < -0.3 is 14.9 Å². The number of aromatic nitrogens is 4. The second-order valence-electron chi connectivity index (χ2n) is 6.84. The molecule has 0 amide bonds. The minimum Gasteiger partial charge on any atom is -0.391 e. The molecular weight excluding hydrogens is 328 g/mol. The Morgan fingerprint density at radius 3 is 2.65 bits per heavy atom. The van der Waals surface area contributed by atoms with Gasteiger partial charge in [-0.2, -0.15) is 14.6 Å². The molecule has 1 aliphatic heterocycles. The fourth-order valence-electron chi connectivity index (χ4n) is 3.74. The van der Waals surface area contributed by atoms with Crippen LogP contribution in [0.3, 0.4) is 0 Å². The number of rotatable bonds is 5. The van der Waals surface area contributed by atoms with E-state index in [0.717, 1.165) is 50.7 Å². The second-order valence-corrected chi connectivity index (χ2v) is 6.84. The molecule has 26 heavy (non-hydrogen) atoms. The number of benzene rings is 1. The molecule has 0 saturated carbocycles. The summed E-state index contributed by atoms with van der Waals surface area (Å²) in [6.45, 7) is 7.04. The number of piperazine rings is 1. The van der Waals surface area contributed by atoms with Gasteiger partial charge in [-0.1, -0.05) is 30.3 Å². The van der Waals surface area contributed by atoms with Crippen LogP contribution in [0.4, 0.5) is 5.82 Å². The molecule has 0 unspecified atom stereocenters. The monoisotopic (exact) mass is 353 g/mol. The van der Waals surface area contributed by atoms with E-state index in [1.165, 1.54) is 16.0 Å². The Balaban J connectivity index is 1.72. The maximum absolute atomic E-state index is 9.19. The Bertz CT molecular complexity index is 870. The first-order valence-corrected chi connectivity index (χ1v) is 9.19. The predicted molar refractivity (Wildman–Crippen MR) is 99.6 cm³/mol. The van der Waals surface area contributed by atoms with Gasteiger partial charge in [0.1, 0.15) is 18.7 Å². The number of aryl methyl sites for hydroxylation is 1.